The van der Waals surface area contributed by atoms with Gasteiger partial charge in [-0.3, -0.25) is 0 Å². The summed E-state index contributed by atoms with van der Waals surface area (Å²) in [4.78, 5) is 4.53. The van der Waals surface area contributed by atoms with Crippen molar-refractivity contribution >= 4 is 0 Å². The Hall–Kier alpha value is -1.61. The van der Waals surface area contributed by atoms with E-state index in [0.29, 0.717) is 18.0 Å². The van der Waals surface area contributed by atoms with Crippen molar-refractivity contribution in [1.29, 1.82) is 0 Å². The van der Waals surface area contributed by atoms with Gasteiger partial charge in [0.15, 0.2) is 0 Å². The van der Waals surface area contributed by atoms with Crippen LogP contribution in [0.3, 0.4) is 0 Å². The largest absolute Gasteiger partial charge is 0.330 e. The monoisotopic (exact) mass is 271 g/mol. The van der Waals surface area contributed by atoms with Crippen molar-refractivity contribution in [2.75, 3.05) is 7.05 Å². The summed E-state index contributed by atoms with van der Waals surface area (Å²) in [5.74, 6) is 1.60. The lowest BCUT2D eigenvalue weighted by Crippen LogP contribution is -2.28. The molecule has 0 aliphatic heterocycles. The Labute approximate surface area is 122 Å². The second kappa shape index (κ2) is 6.71. The number of hydrogen-bond donors (Lipinski definition) is 1. The Balaban J connectivity index is 2.37. The van der Waals surface area contributed by atoms with E-state index in [9.17, 15) is 0 Å². The normalized spacial score (nSPS) is 14.4. The van der Waals surface area contributed by atoms with E-state index >= 15 is 0 Å². The number of nitrogens with zero attached hydrogens (tertiary/aromatic N) is 2. The first-order chi connectivity index (χ1) is 9.69. The molecule has 0 saturated heterocycles. The molecule has 0 saturated carbocycles. The highest BCUT2D eigenvalue weighted by molar-refractivity contribution is 5.21. The summed E-state index contributed by atoms with van der Waals surface area (Å²) in [5.41, 5.74) is 1.32. The Bertz CT molecular complexity index is 516. The predicted octanol–water partition coefficient (Wildman–Crippen LogP) is 3.92. The smallest absolute Gasteiger partial charge is 0.111 e. The van der Waals surface area contributed by atoms with Crippen LogP contribution in [0.2, 0.25) is 0 Å². The molecule has 2 aromatic rings. The first-order valence-corrected chi connectivity index (χ1v) is 7.44. The minimum Gasteiger partial charge on any atom is -0.330 e. The van der Waals surface area contributed by atoms with E-state index < -0.39 is 0 Å². The van der Waals surface area contributed by atoms with Crippen LogP contribution in [0.5, 0.6) is 0 Å². The summed E-state index contributed by atoms with van der Waals surface area (Å²) in [6, 6.07) is 11.3. The van der Waals surface area contributed by atoms with Crippen molar-refractivity contribution in [3.8, 4) is 0 Å². The number of benzene rings is 1. The lowest BCUT2D eigenvalue weighted by molar-refractivity contribution is 0.351. The fourth-order valence-electron chi connectivity index (χ4n) is 2.89. The molecule has 1 heterocycles. The Kier molecular flexibility index (Phi) is 4.96. The molecule has 0 spiro atoms. The van der Waals surface area contributed by atoms with Crippen LogP contribution < -0.4 is 5.32 Å². The number of aromatic nitrogens is 2. The second-order valence-corrected chi connectivity index (χ2v) is 5.50. The molecule has 2 atom stereocenters. The van der Waals surface area contributed by atoms with E-state index in [1.54, 1.807) is 0 Å². The summed E-state index contributed by atoms with van der Waals surface area (Å²) in [6.07, 6.45) is 5.09. The minimum absolute atomic E-state index is 0.299. The van der Waals surface area contributed by atoms with E-state index in [1.807, 2.05) is 13.2 Å². The summed E-state index contributed by atoms with van der Waals surface area (Å²) >= 11 is 0. The average Bonchev–Trinajstić information content (AvgIpc) is 2.94. The molecule has 20 heavy (non-hydrogen) atoms. The molecule has 108 valence electrons. The van der Waals surface area contributed by atoms with Gasteiger partial charge in [0.2, 0.25) is 0 Å². The van der Waals surface area contributed by atoms with Gasteiger partial charge in [0.25, 0.3) is 0 Å². The number of nitrogens with one attached hydrogen (secondary N) is 1. The fourth-order valence-corrected chi connectivity index (χ4v) is 2.89. The van der Waals surface area contributed by atoms with E-state index in [0.717, 1.165) is 12.2 Å². The minimum atomic E-state index is 0.299. The topological polar surface area (TPSA) is 29.9 Å². The molecule has 0 aliphatic carbocycles. The maximum Gasteiger partial charge on any atom is 0.111 e. The third-order valence-electron chi connectivity index (χ3n) is 3.85. The van der Waals surface area contributed by atoms with Crippen LogP contribution >= 0.6 is 0 Å². The highest BCUT2D eigenvalue weighted by Gasteiger charge is 2.24. The maximum absolute atomic E-state index is 4.53. The molecular weight excluding hydrogens is 246 g/mol. The van der Waals surface area contributed by atoms with Crippen molar-refractivity contribution < 1.29 is 0 Å². The molecule has 0 amide bonds. The third-order valence-corrected chi connectivity index (χ3v) is 3.85. The predicted molar refractivity (Wildman–Crippen MR) is 83.9 cm³/mol. The van der Waals surface area contributed by atoms with Crippen molar-refractivity contribution in [1.82, 2.24) is 14.9 Å². The van der Waals surface area contributed by atoms with Gasteiger partial charge < -0.3 is 9.88 Å². The zero-order valence-corrected chi connectivity index (χ0v) is 12.9. The summed E-state index contributed by atoms with van der Waals surface area (Å²) in [7, 11) is 2.03. The number of likely N-dealkylation sites (N-methyl/N-ethyl adjacent to an activating group) is 1. The summed E-state index contributed by atoms with van der Waals surface area (Å²) in [6.45, 7) is 6.63. The molecule has 3 heteroatoms. The van der Waals surface area contributed by atoms with Gasteiger partial charge in [-0.05, 0) is 19.0 Å². The first-order valence-electron chi connectivity index (χ1n) is 7.44. The standard InChI is InChI=1S/C17H25N3/c1-5-15(20-12-11-19-17(20)13(2)3)16(18-4)14-9-7-6-8-10-14/h6-13,15-16,18H,5H2,1-4H3. The molecule has 1 aromatic carbocycles. The van der Waals surface area contributed by atoms with Gasteiger partial charge >= 0.3 is 0 Å². The van der Waals surface area contributed by atoms with Gasteiger partial charge in [0.1, 0.15) is 5.82 Å². The van der Waals surface area contributed by atoms with Crippen molar-refractivity contribution in [3.05, 3.63) is 54.1 Å². The van der Waals surface area contributed by atoms with Crippen LogP contribution in [0.4, 0.5) is 0 Å². The van der Waals surface area contributed by atoms with Crippen LogP contribution in [0.15, 0.2) is 42.7 Å². The molecule has 1 aromatic heterocycles. The van der Waals surface area contributed by atoms with E-state index in [4.69, 9.17) is 0 Å². The van der Waals surface area contributed by atoms with Crippen LogP contribution in [0.25, 0.3) is 0 Å². The van der Waals surface area contributed by atoms with Crippen LogP contribution in [0.1, 0.15) is 56.6 Å². The van der Waals surface area contributed by atoms with Gasteiger partial charge in [-0.15, -0.1) is 0 Å². The highest BCUT2D eigenvalue weighted by Crippen LogP contribution is 2.31. The van der Waals surface area contributed by atoms with Gasteiger partial charge in [-0.25, -0.2) is 4.98 Å². The maximum atomic E-state index is 4.53. The molecule has 0 radical (unpaired) electrons. The van der Waals surface area contributed by atoms with Crippen LogP contribution in [-0.4, -0.2) is 16.6 Å². The van der Waals surface area contributed by atoms with E-state index in [-0.39, 0.29) is 0 Å². The van der Waals surface area contributed by atoms with Crippen molar-refractivity contribution in [3.63, 3.8) is 0 Å². The van der Waals surface area contributed by atoms with Crippen molar-refractivity contribution in [2.24, 2.45) is 0 Å². The average molecular weight is 271 g/mol. The summed E-state index contributed by atoms with van der Waals surface area (Å²) in [5, 5.41) is 3.48. The first kappa shape index (κ1) is 14.8. The molecular formula is C17H25N3. The molecule has 3 nitrogen and oxygen atoms in total. The van der Waals surface area contributed by atoms with Crippen LogP contribution in [-0.2, 0) is 0 Å². The quantitative estimate of drug-likeness (QED) is 0.863. The van der Waals surface area contributed by atoms with Gasteiger partial charge in [-0.1, -0.05) is 51.1 Å². The van der Waals surface area contributed by atoms with E-state index in [1.165, 1.54) is 5.56 Å². The van der Waals surface area contributed by atoms with Gasteiger partial charge in [0.05, 0.1) is 12.1 Å². The molecule has 2 unspecified atom stereocenters. The Morgan fingerprint density at radius 3 is 2.45 bits per heavy atom. The van der Waals surface area contributed by atoms with Crippen LogP contribution in [0, 0.1) is 0 Å². The second-order valence-electron chi connectivity index (χ2n) is 5.50. The molecule has 2 rings (SSSR count). The van der Waals surface area contributed by atoms with E-state index in [2.05, 4.69) is 72.2 Å². The summed E-state index contributed by atoms with van der Waals surface area (Å²) < 4.78 is 2.33. The Morgan fingerprint density at radius 2 is 1.90 bits per heavy atom. The Morgan fingerprint density at radius 1 is 1.20 bits per heavy atom. The highest BCUT2D eigenvalue weighted by atomic mass is 15.1. The zero-order valence-electron chi connectivity index (χ0n) is 12.9. The molecule has 0 aliphatic rings. The molecule has 0 fully saturated rings. The molecule has 0 bridgehead atoms. The number of imidazole rings is 1. The third kappa shape index (κ3) is 2.93. The lowest BCUT2D eigenvalue weighted by atomic mass is 9.96. The SMILES string of the molecule is CCC(C(NC)c1ccccc1)n1ccnc1C(C)C. The van der Waals surface area contributed by atoms with Crippen molar-refractivity contribution in [2.45, 2.75) is 45.2 Å². The molecule has 1 N–H and O–H groups in total. The van der Waals surface area contributed by atoms with Gasteiger partial charge in [-0.2, -0.15) is 0 Å². The zero-order chi connectivity index (χ0) is 14.5. The number of hydrogen-bond acceptors (Lipinski definition) is 2. The fraction of sp³-hybridized carbons (Fsp3) is 0.471. The lowest BCUT2D eigenvalue weighted by Gasteiger charge is -2.29. The number of rotatable bonds is 6. The van der Waals surface area contributed by atoms with Gasteiger partial charge in [0, 0.05) is 18.3 Å².